The van der Waals surface area contributed by atoms with Gasteiger partial charge in [-0.3, -0.25) is 4.90 Å². The molecule has 0 atom stereocenters. The van der Waals surface area contributed by atoms with Gasteiger partial charge in [0.2, 0.25) is 5.82 Å². The van der Waals surface area contributed by atoms with E-state index in [1.54, 1.807) is 25.2 Å². The Morgan fingerprint density at radius 1 is 1.11 bits per heavy atom. The zero-order valence-corrected chi connectivity index (χ0v) is 14.9. The van der Waals surface area contributed by atoms with Crippen LogP contribution in [0.3, 0.4) is 0 Å². The maximum atomic E-state index is 12.0. The van der Waals surface area contributed by atoms with E-state index in [1.165, 1.54) is 0 Å². The standard InChI is InChI=1S/C19H18N4O4/c1-25-14-5-3-4-12(10-14)17-21-18(27-22-17)13-6-7-16(26-2)15(11-13)23-9-8-20-19(23)24/h3-7,10-11H,8-9H2,1-2H3,(H,20,24). The molecule has 3 aromatic rings. The third-order valence-electron chi connectivity index (χ3n) is 4.33. The lowest BCUT2D eigenvalue weighted by atomic mass is 10.1. The molecule has 2 amide bonds. The molecule has 1 aliphatic rings. The molecule has 1 N–H and O–H groups in total. The summed E-state index contributed by atoms with van der Waals surface area (Å²) in [4.78, 5) is 18.1. The highest BCUT2D eigenvalue weighted by Crippen LogP contribution is 2.34. The van der Waals surface area contributed by atoms with Crippen molar-refractivity contribution in [2.45, 2.75) is 0 Å². The zero-order valence-electron chi connectivity index (χ0n) is 14.9. The summed E-state index contributed by atoms with van der Waals surface area (Å²) in [6.45, 7) is 1.16. The molecule has 0 bridgehead atoms. The van der Waals surface area contributed by atoms with Crippen molar-refractivity contribution in [3.63, 3.8) is 0 Å². The van der Waals surface area contributed by atoms with Crippen molar-refractivity contribution < 1.29 is 18.8 Å². The smallest absolute Gasteiger partial charge is 0.322 e. The van der Waals surface area contributed by atoms with Gasteiger partial charge in [-0.15, -0.1) is 0 Å². The molecule has 2 heterocycles. The summed E-state index contributed by atoms with van der Waals surface area (Å²) in [7, 11) is 3.17. The van der Waals surface area contributed by atoms with E-state index in [0.717, 1.165) is 5.56 Å². The van der Waals surface area contributed by atoms with E-state index >= 15 is 0 Å². The first-order valence-corrected chi connectivity index (χ1v) is 8.41. The number of carbonyl (C=O) groups excluding carboxylic acids is 1. The summed E-state index contributed by atoms with van der Waals surface area (Å²) in [5, 5.41) is 6.84. The molecule has 0 unspecified atom stereocenters. The Morgan fingerprint density at radius 3 is 2.74 bits per heavy atom. The molecule has 1 saturated heterocycles. The van der Waals surface area contributed by atoms with E-state index in [-0.39, 0.29) is 6.03 Å². The number of benzene rings is 2. The van der Waals surface area contributed by atoms with Crippen LogP contribution in [0.25, 0.3) is 22.8 Å². The van der Waals surface area contributed by atoms with Crippen LogP contribution in [-0.2, 0) is 0 Å². The van der Waals surface area contributed by atoms with Gasteiger partial charge in [0.1, 0.15) is 11.5 Å². The Bertz CT molecular complexity index is 985. The zero-order chi connectivity index (χ0) is 18.8. The predicted octanol–water partition coefficient (Wildman–Crippen LogP) is 2.95. The van der Waals surface area contributed by atoms with Gasteiger partial charge in [-0.25, -0.2) is 4.79 Å². The normalized spacial score (nSPS) is 13.6. The van der Waals surface area contributed by atoms with Gasteiger partial charge in [0.25, 0.3) is 5.89 Å². The second-order valence-corrected chi connectivity index (χ2v) is 5.93. The molecule has 1 aromatic heterocycles. The second-order valence-electron chi connectivity index (χ2n) is 5.93. The number of amides is 2. The van der Waals surface area contributed by atoms with Gasteiger partial charge in [0.15, 0.2) is 0 Å². The number of rotatable bonds is 5. The second kappa shape index (κ2) is 6.99. The Hall–Kier alpha value is -3.55. The van der Waals surface area contributed by atoms with Crippen molar-refractivity contribution >= 4 is 11.7 Å². The summed E-state index contributed by atoms with van der Waals surface area (Å²) in [5.41, 5.74) is 2.15. The van der Waals surface area contributed by atoms with Crippen LogP contribution in [0.15, 0.2) is 47.0 Å². The maximum absolute atomic E-state index is 12.0. The molecule has 4 rings (SSSR count). The van der Waals surface area contributed by atoms with Gasteiger partial charge in [0, 0.05) is 24.2 Å². The molecule has 138 valence electrons. The van der Waals surface area contributed by atoms with E-state index in [1.807, 2.05) is 36.4 Å². The molecule has 0 aliphatic carbocycles. The number of anilines is 1. The number of hydrogen-bond donors (Lipinski definition) is 1. The monoisotopic (exact) mass is 366 g/mol. The van der Waals surface area contributed by atoms with E-state index in [2.05, 4.69) is 15.5 Å². The number of hydrogen-bond acceptors (Lipinski definition) is 6. The molecular formula is C19H18N4O4. The van der Waals surface area contributed by atoms with Crippen molar-refractivity contribution in [3.8, 4) is 34.3 Å². The van der Waals surface area contributed by atoms with E-state index in [4.69, 9.17) is 14.0 Å². The minimum atomic E-state index is -0.159. The van der Waals surface area contributed by atoms with Gasteiger partial charge < -0.3 is 19.3 Å². The third kappa shape index (κ3) is 3.17. The Morgan fingerprint density at radius 2 is 2.00 bits per heavy atom. The number of nitrogens with zero attached hydrogens (tertiary/aromatic N) is 3. The fourth-order valence-corrected chi connectivity index (χ4v) is 2.96. The molecule has 1 aliphatic heterocycles. The van der Waals surface area contributed by atoms with Gasteiger partial charge in [-0.1, -0.05) is 17.3 Å². The number of methoxy groups -OCH3 is 2. The van der Waals surface area contributed by atoms with Crippen molar-refractivity contribution in [2.24, 2.45) is 0 Å². The lowest BCUT2D eigenvalue weighted by Gasteiger charge is -2.18. The van der Waals surface area contributed by atoms with Crippen molar-refractivity contribution in [2.75, 3.05) is 32.2 Å². The quantitative estimate of drug-likeness (QED) is 0.747. The molecule has 0 spiro atoms. The minimum Gasteiger partial charge on any atom is -0.497 e. The van der Waals surface area contributed by atoms with Crippen molar-refractivity contribution in [1.82, 2.24) is 15.5 Å². The first-order chi connectivity index (χ1) is 13.2. The average molecular weight is 366 g/mol. The van der Waals surface area contributed by atoms with Crippen LogP contribution < -0.4 is 19.7 Å². The summed E-state index contributed by atoms with van der Waals surface area (Å²) in [6.07, 6.45) is 0. The topological polar surface area (TPSA) is 89.7 Å². The van der Waals surface area contributed by atoms with Gasteiger partial charge in [-0.2, -0.15) is 4.98 Å². The maximum Gasteiger partial charge on any atom is 0.322 e. The van der Waals surface area contributed by atoms with Gasteiger partial charge in [0.05, 0.1) is 19.9 Å². The number of aromatic nitrogens is 2. The largest absolute Gasteiger partial charge is 0.497 e. The number of urea groups is 1. The third-order valence-corrected chi connectivity index (χ3v) is 4.33. The summed E-state index contributed by atoms with van der Waals surface area (Å²) in [6, 6.07) is 12.7. The van der Waals surface area contributed by atoms with E-state index in [0.29, 0.717) is 47.6 Å². The molecule has 8 heteroatoms. The molecule has 0 saturated carbocycles. The van der Waals surface area contributed by atoms with Crippen LogP contribution in [0.4, 0.5) is 10.5 Å². The highest BCUT2D eigenvalue weighted by atomic mass is 16.5. The highest BCUT2D eigenvalue weighted by Gasteiger charge is 2.25. The van der Waals surface area contributed by atoms with Crippen LogP contribution in [0.1, 0.15) is 0 Å². The van der Waals surface area contributed by atoms with Crippen LogP contribution >= 0.6 is 0 Å². The SMILES string of the molecule is COc1cccc(-c2noc(-c3ccc(OC)c(N4CCNC4=O)c3)n2)c1. The van der Waals surface area contributed by atoms with Crippen LogP contribution in [0.5, 0.6) is 11.5 Å². The van der Waals surface area contributed by atoms with Gasteiger partial charge >= 0.3 is 6.03 Å². The Balaban J connectivity index is 1.70. The molecule has 1 fully saturated rings. The lowest BCUT2D eigenvalue weighted by molar-refractivity contribution is 0.252. The lowest BCUT2D eigenvalue weighted by Crippen LogP contribution is -2.28. The Labute approximate surface area is 155 Å². The summed E-state index contributed by atoms with van der Waals surface area (Å²) in [5.74, 6) is 2.13. The molecule has 2 aromatic carbocycles. The van der Waals surface area contributed by atoms with Crippen molar-refractivity contribution in [3.05, 3.63) is 42.5 Å². The minimum absolute atomic E-state index is 0.159. The number of carbonyl (C=O) groups is 1. The summed E-state index contributed by atoms with van der Waals surface area (Å²) < 4.78 is 16.1. The number of nitrogens with one attached hydrogen (secondary N) is 1. The van der Waals surface area contributed by atoms with E-state index in [9.17, 15) is 4.79 Å². The van der Waals surface area contributed by atoms with Crippen LogP contribution in [0, 0.1) is 0 Å². The molecule has 27 heavy (non-hydrogen) atoms. The molecular weight excluding hydrogens is 348 g/mol. The first-order valence-electron chi connectivity index (χ1n) is 8.41. The highest BCUT2D eigenvalue weighted by molar-refractivity contribution is 5.96. The Kier molecular flexibility index (Phi) is 4.37. The number of ether oxygens (including phenoxy) is 2. The fourth-order valence-electron chi connectivity index (χ4n) is 2.96. The van der Waals surface area contributed by atoms with Crippen molar-refractivity contribution in [1.29, 1.82) is 0 Å². The van der Waals surface area contributed by atoms with Crippen LogP contribution in [-0.4, -0.2) is 43.5 Å². The van der Waals surface area contributed by atoms with Crippen LogP contribution in [0.2, 0.25) is 0 Å². The van der Waals surface area contributed by atoms with E-state index < -0.39 is 0 Å². The predicted molar refractivity (Wildman–Crippen MR) is 99.0 cm³/mol. The molecule has 0 radical (unpaired) electrons. The summed E-state index contributed by atoms with van der Waals surface area (Å²) >= 11 is 0. The van der Waals surface area contributed by atoms with Gasteiger partial charge in [-0.05, 0) is 30.3 Å². The average Bonchev–Trinajstić information content (AvgIpc) is 3.37. The fraction of sp³-hybridized carbons (Fsp3) is 0.211. The molecule has 8 nitrogen and oxygen atoms in total. The first kappa shape index (κ1) is 16.9.